The minimum Gasteiger partial charge on any atom is -0.384 e. The zero-order valence-electron chi connectivity index (χ0n) is 15.8. The normalized spacial score (nSPS) is 21.7. The molecule has 0 bridgehead atoms. The molecule has 0 atom stereocenters. The third-order valence-electron chi connectivity index (χ3n) is 5.16. The molecule has 1 fully saturated rings. The van der Waals surface area contributed by atoms with E-state index in [0.29, 0.717) is 5.92 Å². The van der Waals surface area contributed by atoms with Gasteiger partial charge in [0.15, 0.2) is 0 Å². The molecule has 1 aliphatic carbocycles. The van der Waals surface area contributed by atoms with Crippen LogP contribution < -0.4 is 10.0 Å². The van der Waals surface area contributed by atoms with Gasteiger partial charge < -0.3 is 5.32 Å². The maximum Gasteiger partial charge on any atom is 0.216 e. The number of aromatic nitrogens is 1. The number of nitrogens with zero attached hydrogens (tertiary/aromatic N) is 1. The number of anilines is 1. The van der Waals surface area contributed by atoms with Crippen molar-refractivity contribution >= 4 is 26.6 Å². The largest absolute Gasteiger partial charge is 0.384 e. The Morgan fingerprint density at radius 1 is 1.12 bits per heavy atom. The summed E-state index contributed by atoms with van der Waals surface area (Å²) in [7, 11) is -3.26. The second kappa shape index (κ2) is 7.53. The van der Waals surface area contributed by atoms with Crippen LogP contribution in [0.3, 0.4) is 0 Å². The minimum atomic E-state index is -3.26. The molecule has 0 amide bonds. The Bertz CT molecular complexity index is 851. The molecule has 0 radical (unpaired) electrons. The summed E-state index contributed by atoms with van der Waals surface area (Å²) in [6.45, 7) is 6.12. The zero-order valence-corrected chi connectivity index (χ0v) is 16.6. The quantitative estimate of drug-likeness (QED) is 0.831. The first-order valence-electron chi connectivity index (χ1n) is 9.35. The third-order valence-corrected chi connectivity index (χ3v) is 7.42. The Hall–Kier alpha value is -1.66. The molecule has 6 heteroatoms. The Morgan fingerprint density at radius 2 is 1.81 bits per heavy atom. The Morgan fingerprint density at radius 3 is 2.50 bits per heavy atom. The van der Waals surface area contributed by atoms with Gasteiger partial charge in [-0.25, -0.2) is 13.1 Å². The molecule has 3 rings (SSSR count). The Balaban J connectivity index is 1.49. The second-order valence-corrected chi connectivity index (χ2v) is 10.7. The summed E-state index contributed by atoms with van der Waals surface area (Å²) in [6, 6.07) is 10.3. The van der Waals surface area contributed by atoms with E-state index in [4.69, 9.17) is 0 Å². The predicted molar refractivity (Wildman–Crippen MR) is 108 cm³/mol. The number of nitrogens with one attached hydrogen (secondary N) is 2. The predicted octanol–water partition coefficient (Wildman–Crippen LogP) is 3.92. The van der Waals surface area contributed by atoms with E-state index in [1.165, 1.54) is 0 Å². The van der Waals surface area contributed by atoms with Crippen LogP contribution in [0.4, 0.5) is 5.69 Å². The molecule has 1 heterocycles. The van der Waals surface area contributed by atoms with Crippen molar-refractivity contribution in [3.63, 3.8) is 0 Å². The first-order chi connectivity index (χ1) is 12.2. The van der Waals surface area contributed by atoms with Gasteiger partial charge in [-0.2, -0.15) is 0 Å². The standard InChI is InChI=1S/C20H29N3O2S/c1-20(2,3)26(24,25)23-17-10-8-15(9-11-17)13-21-18-12-16-6-4-5-7-19(16)22-14-18/h4-7,12,14-15,17,21,23H,8-11,13H2,1-3H3/t15-,17-. The van der Waals surface area contributed by atoms with Gasteiger partial charge in [-0.1, -0.05) is 18.2 Å². The van der Waals surface area contributed by atoms with Crippen molar-refractivity contribution in [3.05, 3.63) is 36.5 Å². The van der Waals surface area contributed by atoms with E-state index >= 15 is 0 Å². The molecule has 0 saturated heterocycles. The van der Waals surface area contributed by atoms with Crippen molar-refractivity contribution in [1.29, 1.82) is 0 Å². The number of fused-ring (bicyclic) bond motifs is 1. The number of sulfonamides is 1. The van der Waals surface area contributed by atoms with Crippen LogP contribution in [0.2, 0.25) is 0 Å². The van der Waals surface area contributed by atoms with Crippen molar-refractivity contribution in [1.82, 2.24) is 9.71 Å². The van der Waals surface area contributed by atoms with E-state index in [9.17, 15) is 8.42 Å². The lowest BCUT2D eigenvalue weighted by Gasteiger charge is -2.31. The first kappa shape index (κ1) is 19.1. The monoisotopic (exact) mass is 375 g/mol. The zero-order chi connectivity index (χ0) is 18.8. The molecule has 2 aromatic rings. The summed E-state index contributed by atoms with van der Waals surface area (Å²) < 4.78 is 26.7. The molecule has 5 nitrogen and oxygen atoms in total. The lowest BCUT2D eigenvalue weighted by atomic mass is 9.86. The third kappa shape index (κ3) is 4.54. The summed E-state index contributed by atoms with van der Waals surface area (Å²) in [5, 5.41) is 4.63. The highest BCUT2D eigenvalue weighted by Crippen LogP contribution is 2.27. The van der Waals surface area contributed by atoms with E-state index in [1.54, 1.807) is 20.8 Å². The number of rotatable bonds is 5. The van der Waals surface area contributed by atoms with Gasteiger partial charge in [0.1, 0.15) is 0 Å². The van der Waals surface area contributed by atoms with Crippen LogP contribution in [0.15, 0.2) is 36.5 Å². The number of benzene rings is 1. The van der Waals surface area contributed by atoms with Crippen LogP contribution in [0.25, 0.3) is 10.9 Å². The van der Waals surface area contributed by atoms with Crippen LogP contribution in [-0.2, 0) is 10.0 Å². The summed E-state index contributed by atoms with van der Waals surface area (Å²) in [4.78, 5) is 4.48. The van der Waals surface area contributed by atoms with Crippen LogP contribution in [0.1, 0.15) is 46.5 Å². The van der Waals surface area contributed by atoms with Crippen LogP contribution in [0.5, 0.6) is 0 Å². The Labute approximate surface area is 156 Å². The second-order valence-electron chi connectivity index (χ2n) is 8.25. The van der Waals surface area contributed by atoms with Crippen LogP contribution in [0, 0.1) is 5.92 Å². The van der Waals surface area contributed by atoms with E-state index < -0.39 is 14.8 Å². The highest BCUT2D eigenvalue weighted by Gasteiger charge is 2.32. The fourth-order valence-electron chi connectivity index (χ4n) is 3.31. The smallest absolute Gasteiger partial charge is 0.216 e. The van der Waals surface area contributed by atoms with E-state index in [0.717, 1.165) is 48.8 Å². The van der Waals surface area contributed by atoms with Crippen molar-refractivity contribution in [2.75, 3.05) is 11.9 Å². The van der Waals surface area contributed by atoms with Crippen molar-refractivity contribution < 1.29 is 8.42 Å². The molecule has 0 unspecified atom stereocenters. The number of hydrogen-bond acceptors (Lipinski definition) is 4. The average molecular weight is 376 g/mol. The highest BCUT2D eigenvalue weighted by atomic mass is 32.2. The molecule has 142 valence electrons. The average Bonchev–Trinajstić information content (AvgIpc) is 2.60. The fraction of sp³-hybridized carbons (Fsp3) is 0.550. The number of pyridine rings is 1. The molecule has 0 spiro atoms. The molecular weight excluding hydrogens is 346 g/mol. The summed E-state index contributed by atoms with van der Waals surface area (Å²) in [6.07, 6.45) is 5.75. The summed E-state index contributed by atoms with van der Waals surface area (Å²) >= 11 is 0. The SMILES string of the molecule is CC(C)(C)S(=O)(=O)N[C@H]1CC[C@H](CNc2cnc3ccccc3c2)CC1. The summed E-state index contributed by atoms with van der Waals surface area (Å²) in [5.74, 6) is 0.567. The maximum atomic E-state index is 12.3. The van der Waals surface area contributed by atoms with Crippen molar-refractivity contribution in [2.45, 2.75) is 57.2 Å². The maximum absolute atomic E-state index is 12.3. The summed E-state index contributed by atoms with van der Waals surface area (Å²) in [5.41, 5.74) is 2.05. The number of para-hydroxylation sites is 1. The van der Waals surface area contributed by atoms with Crippen LogP contribution in [-0.4, -0.2) is 30.7 Å². The lowest BCUT2D eigenvalue weighted by Crippen LogP contribution is -2.46. The van der Waals surface area contributed by atoms with Gasteiger partial charge in [-0.3, -0.25) is 4.98 Å². The van der Waals surface area contributed by atoms with E-state index in [2.05, 4.69) is 27.2 Å². The van der Waals surface area contributed by atoms with Crippen molar-refractivity contribution in [2.24, 2.45) is 5.92 Å². The fourth-order valence-corrected chi connectivity index (χ4v) is 4.34. The van der Waals surface area contributed by atoms with Gasteiger partial charge in [0.2, 0.25) is 10.0 Å². The van der Waals surface area contributed by atoms with Crippen molar-refractivity contribution in [3.8, 4) is 0 Å². The van der Waals surface area contributed by atoms with E-state index in [1.807, 2.05) is 24.4 Å². The molecule has 1 aromatic carbocycles. The molecule has 26 heavy (non-hydrogen) atoms. The van der Waals surface area contributed by atoms with E-state index in [-0.39, 0.29) is 6.04 Å². The van der Waals surface area contributed by atoms with Gasteiger partial charge >= 0.3 is 0 Å². The minimum absolute atomic E-state index is 0.0674. The molecule has 1 saturated carbocycles. The molecule has 0 aliphatic heterocycles. The van der Waals surface area contributed by atoms with Crippen LogP contribution >= 0.6 is 0 Å². The van der Waals surface area contributed by atoms with Gasteiger partial charge in [-0.15, -0.1) is 0 Å². The molecule has 1 aromatic heterocycles. The molecular formula is C20H29N3O2S. The molecule has 2 N–H and O–H groups in total. The lowest BCUT2D eigenvalue weighted by molar-refractivity contribution is 0.322. The van der Waals surface area contributed by atoms with Gasteiger partial charge in [0.25, 0.3) is 0 Å². The van der Waals surface area contributed by atoms with Gasteiger partial charge in [-0.05, 0) is 64.5 Å². The van der Waals surface area contributed by atoms with Gasteiger partial charge in [0, 0.05) is 18.0 Å². The van der Waals surface area contributed by atoms with Gasteiger partial charge in [0.05, 0.1) is 22.1 Å². The highest BCUT2D eigenvalue weighted by molar-refractivity contribution is 7.90. The first-order valence-corrected chi connectivity index (χ1v) is 10.8. The topological polar surface area (TPSA) is 71.1 Å². The molecule has 1 aliphatic rings. The Kier molecular flexibility index (Phi) is 5.53. The number of hydrogen-bond donors (Lipinski definition) is 2.